The normalized spacial score (nSPS) is 24.9. The number of hydrogen-bond acceptors (Lipinski definition) is 4. The molecule has 0 bridgehead atoms. The van der Waals surface area contributed by atoms with Crippen molar-refractivity contribution in [1.82, 2.24) is 0 Å². The number of thioether (sulfide) groups is 1. The molecule has 1 aromatic carbocycles. The number of ether oxygens (including phenoxy) is 1. The van der Waals surface area contributed by atoms with Crippen molar-refractivity contribution in [2.45, 2.75) is 30.7 Å². The molecule has 1 aliphatic heterocycles. The second kappa shape index (κ2) is 5.57. The first kappa shape index (κ1) is 13.0. The molecule has 3 rings (SSSR count). The van der Waals surface area contributed by atoms with E-state index in [2.05, 4.69) is 19.1 Å². The Labute approximate surface area is 117 Å². The maximum atomic E-state index is 6.23. The summed E-state index contributed by atoms with van der Waals surface area (Å²) in [5.41, 5.74) is 7.14. The van der Waals surface area contributed by atoms with E-state index in [-0.39, 0.29) is 6.04 Å². The Morgan fingerprint density at radius 1 is 1.42 bits per heavy atom. The molecular formula is C15H19NO2S. The van der Waals surface area contributed by atoms with Gasteiger partial charge in [0.25, 0.3) is 0 Å². The van der Waals surface area contributed by atoms with Crippen LogP contribution >= 0.6 is 11.8 Å². The van der Waals surface area contributed by atoms with Crippen molar-refractivity contribution < 1.29 is 9.15 Å². The highest BCUT2D eigenvalue weighted by Gasteiger charge is 2.25. The molecule has 1 aliphatic rings. The van der Waals surface area contributed by atoms with Crippen LogP contribution < -0.4 is 5.73 Å². The highest BCUT2D eigenvalue weighted by atomic mass is 32.2. The Hall–Kier alpha value is -0.970. The van der Waals surface area contributed by atoms with Gasteiger partial charge >= 0.3 is 0 Å². The van der Waals surface area contributed by atoms with E-state index in [1.807, 2.05) is 30.0 Å². The van der Waals surface area contributed by atoms with Crippen molar-refractivity contribution in [3.63, 3.8) is 0 Å². The molecule has 3 unspecified atom stereocenters. The summed E-state index contributed by atoms with van der Waals surface area (Å²) in [6.07, 6.45) is 1.46. The summed E-state index contributed by atoms with van der Waals surface area (Å²) < 4.78 is 11.4. The summed E-state index contributed by atoms with van der Waals surface area (Å²) in [5, 5.41) is 1.69. The van der Waals surface area contributed by atoms with Gasteiger partial charge in [-0.3, -0.25) is 0 Å². The molecule has 2 aromatic rings. The van der Waals surface area contributed by atoms with E-state index in [1.54, 1.807) is 0 Å². The largest absolute Gasteiger partial charge is 0.459 e. The molecule has 3 nitrogen and oxygen atoms in total. The Morgan fingerprint density at radius 3 is 3.00 bits per heavy atom. The Morgan fingerprint density at radius 2 is 2.26 bits per heavy atom. The lowest BCUT2D eigenvalue weighted by Gasteiger charge is -2.15. The maximum Gasteiger partial charge on any atom is 0.134 e. The zero-order valence-electron chi connectivity index (χ0n) is 11.0. The summed E-state index contributed by atoms with van der Waals surface area (Å²) in [5.74, 6) is 1.75. The van der Waals surface area contributed by atoms with Gasteiger partial charge < -0.3 is 14.9 Å². The van der Waals surface area contributed by atoms with Crippen LogP contribution in [0.25, 0.3) is 11.0 Å². The lowest BCUT2D eigenvalue weighted by molar-refractivity contribution is 0.127. The summed E-state index contributed by atoms with van der Waals surface area (Å²) in [7, 11) is 0. The highest BCUT2D eigenvalue weighted by molar-refractivity contribution is 8.00. The lowest BCUT2D eigenvalue weighted by atomic mass is 10.2. The molecule has 1 saturated heterocycles. The molecule has 1 fully saturated rings. The third-order valence-electron chi connectivity index (χ3n) is 3.61. The van der Waals surface area contributed by atoms with Gasteiger partial charge in [-0.25, -0.2) is 0 Å². The first-order valence-electron chi connectivity index (χ1n) is 6.71. The average Bonchev–Trinajstić information content (AvgIpc) is 3.01. The van der Waals surface area contributed by atoms with Gasteiger partial charge in [-0.05, 0) is 25.5 Å². The second-order valence-corrected chi connectivity index (χ2v) is 6.30. The zero-order valence-corrected chi connectivity index (χ0v) is 11.9. The molecule has 2 heterocycles. The minimum absolute atomic E-state index is 0.0507. The molecule has 19 heavy (non-hydrogen) atoms. The minimum atomic E-state index is -0.0507. The van der Waals surface area contributed by atoms with Crippen LogP contribution in [0, 0.1) is 0 Å². The van der Waals surface area contributed by atoms with Crippen molar-refractivity contribution in [2.24, 2.45) is 5.73 Å². The molecule has 0 amide bonds. The van der Waals surface area contributed by atoms with Crippen molar-refractivity contribution in [2.75, 3.05) is 12.4 Å². The molecule has 0 saturated carbocycles. The summed E-state index contributed by atoms with van der Waals surface area (Å²) in [4.78, 5) is 0. The Kier molecular flexibility index (Phi) is 3.82. The van der Waals surface area contributed by atoms with E-state index in [0.29, 0.717) is 11.4 Å². The van der Waals surface area contributed by atoms with E-state index in [4.69, 9.17) is 14.9 Å². The molecule has 1 aromatic heterocycles. The van der Waals surface area contributed by atoms with Crippen molar-refractivity contribution in [1.29, 1.82) is 0 Å². The molecule has 4 heteroatoms. The molecule has 0 radical (unpaired) electrons. The zero-order chi connectivity index (χ0) is 13.2. The van der Waals surface area contributed by atoms with Crippen LogP contribution in [0.2, 0.25) is 0 Å². The van der Waals surface area contributed by atoms with E-state index >= 15 is 0 Å². The van der Waals surface area contributed by atoms with Gasteiger partial charge in [-0.2, -0.15) is 11.8 Å². The second-order valence-electron chi connectivity index (χ2n) is 5.03. The molecule has 2 N–H and O–H groups in total. The van der Waals surface area contributed by atoms with E-state index in [9.17, 15) is 0 Å². The standard InChI is InChI=1S/C15H19NO2S/c1-10-15(6-7-17-10)19-9-12(16)14-8-11-4-2-3-5-13(11)18-14/h2-5,8,10,12,15H,6-7,9,16H2,1H3. The van der Waals surface area contributed by atoms with Gasteiger partial charge in [-0.15, -0.1) is 0 Å². The maximum absolute atomic E-state index is 6.23. The van der Waals surface area contributed by atoms with E-state index in [0.717, 1.165) is 35.5 Å². The average molecular weight is 277 g/mol. The number of fused-ring (bicyclic) bond motifs is 1. The highest BCUT2D eigenvalue weighted by Crippen LogP contribution is 2.30. The fourth-order valence-electron chi connectivity index (χ4n) is 2.43. The molecule has 0 spiro atoms. The predicted molar refractivity (Wildman–Crippen MR) is 79.4 cm³/mol. The van der Waals surface area contributed by atoms with Crippen LogP contribution in [0.5, 0.6) is 0 Å². The number of nitrogens with two attached hydrogens (primary N) is 1. The number of hydrogen-bond donors (Lipinski definition) is 1. The monoisotopic (exact) mass is 277 g/mol. The SMILES string of the molecule is CC1OCCC1SCC(N)c1cc2ccccc2o1. The summed E-state index contributed by atoms with van der Waals surface area (Å²) in [6, 6.07) is 10.0. The van der Waals surface area contributed by atoms with Crippen molar-refractivity contribution in [3.05, 3.63) is 36.1 Å². The smallest absolute Gasteiger partial charge is 0.134 e. The number of benzene rings is 1. The van der Waals surface area contributed by atoms with Crippen molar-refractivity contribution >= 4 is 22.7 Å². The van der Waals surface area contributed by atoms with E-state index in [1.165, 1.54) is 0 Å². The number of rotatable bonds is 4. The quantitative estimate of drug-likeness (QED) is 0.931. The predicted octanol–water partition coefficient (Wildman–Crippen LogP) is 3.34. The van der Waals surface area contributed by atoms with Gasteiger partial charge in [0.2, 0.25) is 0 Å². The Balaban J connectivity index is 1.64. The van der Waals surface area contributed by atoms with Gasteiger partial charge in [-0.1, -0.05) is 18.2 Å². The Bertz CT molecular complexity index is 521. The fraction of sp³-hybridized carbons (Fsp3) is 0.467. The van der Waals surface area contributed by atoms with Crippen LogP contribution in [-0.2, 0) is 4.74 Å². The van der Waals surface area contributed by atoms with Crippen molar-refractivity contribution in [3.8, 4) is 0 Å². The van der Waals surface area contributed by atoms with Crippen LogP contribution in [0.4, 0.5) is 0 Å². The van der Waals surface area contributed by atoms with Crippen LogP contribution in [0.15, 0.2) is 34.7 Å². The third-order valence-corrected chi connectivity index (χ3v) is 5.21. The van der Waals surface area contributed by atoms with Crippen LogP contribution in [0.3, 0.4) is 0 Å². The van der Waals surface area contributed by atoms with Crippen LogP contribution in [0.1, 0.15) is 25.1 Å². The third kappa shape index (κ3) is 2.81. The molecular weight excluding hydrogens is 258 g/mol. The van der Waals surface area contributed by atoms with Crippen LogP contribution in [-0.4, -0.2) is 23.7 Å². The van der Waals surface area contributed by atoms with Gasteiger partial charge in [0, 0.05) is 23.0 Å². The molecule has 0 aliphatic carbocycles. The first-order valence-corrected chi connectivity index (χ1v) is 7.76. The molecule has 3 atom stereocenters. The number of furan rings is 1. The lowest BCUT2D eigenvalue weighted by Crippen LogP contribution is -2.18. The first-order chi connectivity index (χ1) is 9.24. The summed E-state index contributed by atoms with van der Waals surface area (Å²) in [6.45, 7) is 3.01. The fourth-order valence-corrected chi connectivity index (χ4v) is 3.66. The number of para-hydroxylation sites is 1. The topological polar surface area (TPSA) is 48.4 Å². The van der Waals surface area contributed by atoms with Gasteiger partial charge in [0.1, 0.15) is 11.3 Å². The van der Waals surface area contributed by atoms with Gasteiger partial charge in [0.05, 0.1) is 12.1 Å². The van der Waals surface area contributed by atoms with Gasteiger partial charge in [0.15, 0.2) is 0 Å². The molecule has 102 valence electrons. The minimum Gasteiger partial charge on any atom is -0.459 e. The van der Waals surface area contributed by atoms with E-state index < -0.39 is 0 Å². The summed E-state index contributed by atoms with van der Waals surface area (Å²) >= 11 is 1.89.